The number of carboxylic acids is 1. The first-order chi connectivity index (χ1) is 6.06. The first-order valence-electron chi connectivity index (χ1n) is 3.63. The van der Waals surface area contributed by atoms with Crippen molar-refractivity contribution in [1.29, 1.82) is 0 Å². The molecule has 0 aromatic heterocycles. The summed E-state index contributed by atoms with van der Waals surface area (Å²) in [6.07, 6.45) is 0. The normalized spacial score (nSPS) is 9.77. The lowest BCUT2D eigenvalue weighted by Crippen LogP contribution is -1.99. The minimum atomic E-state index is -1.05. The molecule has 0 heterocycles. The largest absolute Gasteiger partial charge is 0.497 e. The van der Waals surface area contributed by atoms with Crippen LogP contribution in [0, 0.1) is 6.92 Å². The molecule has 0 aliphatic heterocycles. The quantitative estimate of drug-likeness (QED) is 0.797. The van der Waals surface area contributed by atoms with Gasteiger partial charge in [0.1, 0.15) is 5.75 Å². The third-order valence-corrected chi connectivity index (χ3v) is 2.20. The molecule has 0 saturated carbocycles. The Labute approximate surface area is 80.9 Å². The molecule has 4 heteroatoms. The summed E-state index contributed by atoms with van der Waals surface area (Å²) in [4.78, 5) is 10.7. The van der Waals surface area contributed by atoms with Crippen molar-refractivity contribution in [2.75, 3.05) is 7.11 Å². The topological polar surface area (TPSA) is 46.5 Å². The number of carbonyl (C=O) groups is 1. The van der Waals surface area contributed by atoms with Crippen molar-refractivity contribution >= 4 is 17.6 Å². The lowest BCUT2D eigenvalue weighted by molar-refractivity contribution is 0.0696. The van der Waals surface area contributed by atoms with E-state index in [0.717, 1.165) is 0 Å². The maximum atomic E-state index is 10.7. The van der Waals surface area contributed by atoms with Crippen molar-refractivity contribution in [3.63, 3.8) is 0 Å². The van der Waals surface area contributed by atoms with Crippen molar-refractivity contribution in [3.05, 3.63) is 28.3 Å². The number of methoxy groups -OCH3 is 1. The molecule has 0 aliphatic carbocycles. The summed E-state index contributed by atoms with van der Waals surface area (Å²) in [7, 11) is 1.48. The molecule has 0 atom stereocenters. The van der Waals surface area contributed by atoms with Gasteiger partial charge in [-0.15, -0.1) is 0 Å². The molecule has 13 heavy (non-hydrogen) atoms. The number of aryl methyl sites for hydroxylation is 1. The number of halogens is 1. The highest BCUT2D eigenvalue weighted by atomic mass is 35.5. The van der Waals surface area contributed by atoms with Crippen LogP contribution >= 0.6 is 11.6 Å². The maximum Gasteiger partial charge on any atom is 0.337 e. The summed E-state index contributed by atoms with van der Waals surface area (Å²) in [5, 5.41) is 9.03. The molecule has 1 aromatic rings. The van der Waals surface area contributed by atoms with Gasteiger partial charge in [-0.25, -0.2) is 4.79 Å². The van der Waals surface area contributed by atoms with Crippen LogP contribution in [0.25, 0.3) is 0 Å². The van der Waals surface area contributed by atoms with Gasteiger partial charge in [0.05, 0.1) is 17.7 Å². The van der Waals surface area contributed by atoms with E-state index in [9.17, 15) is 4.79 Å². The van der Waals surface area contributed by atoms with Gasteiger partial charge in [-0.05, 0) is 24.6 Å². The van der Waals surface area contributed by atoms with Gasteiger partial charge in [0, 0.05) is 0 Å². The third kappa shape index (κ3) is 1.92. The van der Waals surface area contributed by atoms with E-state index in [0.29, 0.717) is 11.3 Å². The molecule has 0 radical (unpaired) electrons. The number of ether oxygens (including phenoxy) is 1. The number of hydrogen-bond acceptors (Lipinski definition) is 2. The number of hydrogen-bond donors (Lipinski definition) is 1. The fraction of sp³-hybridized carbons (Fsp3) is 0.222. The lowest BCUT2D eigenvalue weighted by Gasteiger charge is -2.06. The van der Waals surface area contributed by atoms with Crippen molar-refractivity contribution in [1.82, 2.24) is 0 Å². The summed E-state index contributed by atoms with van der Waals surface area (Å²) >= 11 is 5.78. The molecule has 70 valence electrons. The van der Waals surface area contributed by atoms with E-state index in [2.05, 4.69) is 0 Å². The highest BCUT2D eigenvalue weighted by Crippen LogP contribution is 2.26. The van der Waals surface area contributed by atoms with Crippen LogP contribution in [-0.4, -0.2) is 18.2 Å². The number of benzene rings is 1. The molecule has 0 aliphatic rings. The maximum absolute atomic E-state index is 10.7. The highest BCUT2D eigenvalue weighted by Gasteiger charge is 2.12. The molecule has 0 saturated heterocycles. The van der Waals surface area contributed by atoms with Gasteiger partial charge in [-0.3, -0.25) is 0 Å². The van der Waals surface area contributed by atoms with E-state index in [1.54, 1.807) is 13.0 Å². The van der Waals surface area contributed by atoms with Crippen LogP contribution in [0.5, 0.6) is 5.75 Å². The summed E-state index contributed by atoms with van der Waals surface area (Å²) in [6.45, 7) is 1.73. The van der Waals surface area contributed by atoms with Crippen molar-refractivity contribution < 1.29 is 14.6 Å². The van der Waals surface area contributed by atoms with Crippen LogP contribution in [0.15, 0.2) is 12.1 Å². The first-order valence-corrected chi connectivity index (χ1v) is 4.01. The monoisotopic (exact) mass is 200 g/mol. The van der Waals surface area contributed by atoms with E-state index in [-0.39, 0.29) is 10.6 Å². The average Bonchev–Trinajstić information content (AvgIpc) is 2.09. The van der Waals surface area contributed by atoms with E-state index in [4.69, 9.17) is 21.4 Å². The summed E-state index contributed by atoms with van der Waals surface area (Å²) in [5.41, 5.74) is 0.761. The zero-order chi connectivity index (χ0) is 10.0. The summed E-state index contributed by atoms with van der Waals surface area (Å²) < 4.78 is 4.92. The fourth-order valence-corrected chi connectivity index (χ4v) is 1.20. The van der Waals surface area contributed by atoms with E-state index in [1.807, 2.05) is 0 Å². The molecule has 1 N–H and O–H groups in total. The second kappa shape index (κ2) is 3.66. The predicted octanol–water partition coefficient (Wildman–Crippen LogP) is 2.36. The van der Waals surface area contributed by atoms with Gasteiger partial charge >= 0.3 is 5.97 Å². The zero-order valence-corrected chi connectivity index (χ0v) is 8.05. The van der Waals surface area contributed by atoms with Gasteiger partial charge < -0.3 is 9.84 Å². The summed E-state index contributed by atoms with van der Waals surface area (Å²) in [6, 6.07) is 3.09. The van der Waals surface area contributed by atoms with Gasteiger partial charge in [-0.1, -0.05) is 11.6 Å². The standard InChI is InChI=1S/C9H9ClO3/c1-5-3-6(13-2)4-7(8(5)10)9(11)12/h3-4H,1-2H3,(H,11,12). The molecule has 0 spiro atoms. The van der Waals surface area contributed by atoms with E-state index >= 15 is 0 Å². The Balaban J connectivity index is 3.33. The minimum absolute atomic E-state index is 0.0681. The van der Waals surface area contributed by atoms with E-state index in [1.165, 1.54) is 13.2 Å². The molecular weight excluding hydrogens is 192 g/mol. The highest BCUT2D eigenvalue weighted by molar-refractivity contribution is 6.34. The molecule has 0 bridgehead atoms. The molecule has 3 nitrogen and oxygen atoms in total. The fourth-order valence-electron chi connectivity index (χ4n) is 1.01. The van der Waals surface area contributed by atoms with Crippen LogP contribution in [0.2, 0.25) is 5.02 Å². The van der Waals surface area contributed by atoms with Gasteiger partial charge in [0.15, 0.2) is 0 Å². The minimum Gasteiger partial charge on any atom is -0.497 e. The van der Waals surface area contributed by atoms with Gasteiger partial charge in [0.25, 0.3) is 0 Å². The molecule has 1 rings (SSSR count). The van der Waals surface area contributed by atoms with Crippen molar-refractivity contribution in [3.8, 4) is 5.75 Å². The number of aromatic carboxylic acids is 1. The molecular formula is C9H9ClO3. The van der Waals surface area contributed by atoms with Gasteiger partial charge in [0.2, 0.25) is 0 Å². The van der Waals surface area contributed by atoms with E-state index < -0.39 is 5.97 Å². The Kier molecular flexibility index (Phi) is 2.78. The number of carboxylic acid groups (broad SMARTS) is 1. The van der Waals surface area contributed by atoms with Crippen LogP contribution in [0.1, 0.15) is 15.9 Å². The molecule has 1 aromatic carbocycles. The van der Waals surface area contributed by atoms with Crippen LogP contribution in [0.3, 0.4) is 0 Å². The number of rotatable bonds is 2. The SMILES string of the molecule is COc1cc(C)c(Cl)c(C(=O)O)c1. The van der Waals surface area contributed by atoms with Crippen LogP contribution in [-0.2, 0) is 0 Å². The second-order valence-corrected chi connectivity index (χ2v) is 2.99. The average molecular weight is 201 g/mol. The molecule has 0 amide bonds. The van der Waals surface area contributed by atoms with Crippen LogP contribution in [0.4, 0.5) is 0 Å². The van der Waals surface area contributed by atoms with Gasteiger partial charge in [-0.2, -0.15) is 0 Å². The molecule has 0 unspecified atom stereocenters. The predicted molar refractivity (Wildman–Crippen MR) is 49.7 cm³/mol. The Bertz CT molecular complexity index is 347. The summed E-state index contributed by atoms with van der Waals surface area (Å²) in [5.74, 6) is -0.550. The first kappa shape index (κ1) is 9.86. The Morgan fingerprint density at radius 2 is 2.15 bits per heavy atom. The second-order valence-electron chi connectivity index (χ2n) is 2.61. The Morgan fingerprint density at radius 3 is 2.62 bits per heavy atom. The van der Waals surface area contributed by atoms with Crippen molar-refractivity contribution in [2.24, 2.45) is 0 Å². The lowest BCUT2D eigenvalue weighted by atomic mass is 10.1. The van der Waals surface area contributed by atoms with Crippen molar-refractivity contribution in [2.45, 2.75) is 6.92 Å². The van der Waals surface area contributed by atoms with Crippen LogP contribution < -0.4 is 4.74 Å². The smallest absolute Gasteiger partial charge is 0.337 e. The zero-order valence-electron chi connectivity index (χ0n) is 7.30. The molecule has 0 fully saturated rings. The third-order valence-electron chi connectivity index (χ3n) is 1.69. The Morgan fingerprint density at radius 1 is 1.54 bits per heavy atom. The Hall–Kier alpha value is -1.22.